The van der Waals surface area contributed by atoms with Crippen LogP contribution in [0.1, 0.15) is 72.5 Å². The number of pyridine rings is 1. The maximum absolute atomic E-state index is 5.45. The van der Waals surface area contributed by atoms with Gasteiger partial charge in [0, 0.05) is 22.9 Å². The minimum atomic E-state index is -0.734. The van der Waals surface area contributed by atoms with Gasteiger partial charge in [-0.05, 0) is 127 Å². The van der Waals surface area contributed by atoms with Crippen LogP contribution in [0, 0.1) is 13.8 Å². The molecule has 336 valence electrons. The van der Waals surface area contributed by atoms with E-state index < -0.39 is 16.4 Å². The van der Waals surface area contributed by atoms with Crippen LogP contribution in [0.3, 0.4) is 0 Å². The van der Waals surface area contributed by atoms with Crippen molar-refractivity contribution in [3.63, 3.8) is 0 Å². The van der Waals surface area contributed by atoms with Gasteiger partial charge in [0.2, 0.25) is 6.33 Å². The molecule has 0 bridgehead atoms. The van der Waals surface area contributed by atoms with Crippen LogP contribution in [0.2, 0.25) is 0 Å². The van der Waals surface area contributed by atoms with Crippen LogP contribution in [0.25, 0.3) is 44.5 Å². The fourth-order valence-corrected chi connectivity index (χ4v) is 13.6. The van der Waals surface area contributed by atoms with E-state index in [4.69, 9.17) is 4.98 Å². The number of benzene rings is 9. The van der Waals surface area contributed by atoms with Gasteiger partial charge in [-0.1, -0.05) is 206 Å². The van der Waals surface area contributed by atoms with E-state index in [0.29, 0.717) is 0 Å². The molecule has 71 heavy (non-hydrogen) atoms. The van der Waals surface area contributed by atoms with Crippen molar-refractivity contribution < 1.29 is 4.57 Å². The maximum atomic E-state index is 5.45. The first-order chi connectivity index (χ1) is 34.9. The highest BCUT2D eigenvalue weighted by Gasteiger charge is 2.53. The summed E-state index contributed by atoms with van der Waals surface area (Å²) in [4.78, 5) is 5.45. The number of hydrogen-bond donors (Lipinski definition) is 0. The normalized spacial score (nSPS) is 14.7. The van der Waals surface area contributed by atoms with Crippen molar-refractivity contribution in [2.24, 2.45) is 7.05 Å². The van der Waals surface area contributed by atoms with Gasteiger partial charge in [-0.3, -0.25) is 4.98 Å². The summed E-state index contributed by atoms with van der Waals surface area (Å²) in [7, 11) is 2.12. The van der Waals surface area contributed by atoms with Gasteiger partial charge in [0.1, 0.15) is 12.4 Å². The molecule has 0 amide bonds. The molecule has 2 aromatic heterocycles. The Hall–Kier alpha value is -8.66. The first kappa shape index (κ1) is 41.3. The largest absolute Gasteiger partial charge is 0.260 e. The lowest BCUT2D eigenvalue weighted by Gasteiger charge is -2.38. The number of aryl methyl sites for hydroxylation is 3. The Labute approximate surface area is 415 Å². The van der Waals surface area contributed by atoms with E-state index >= 15 is 0 Å². The molecule has 0 aliphatic heterocycles. The van der Waals surface area contributed by atoms with Crippen molar-refractivity contribution in [2.75, 3.05) is 0 Å². The van der Waals surface area contributed by atoms with Gasteiger partial charge in [0.05, 0.1) is 23.6 Å². The fraction of sp³-hybridized carbons (Fsp3) is 0.0882. The topological polar surface area (TPSA) is 21.7 Å². The highest BCUT2D eigenvalue weighted by atomic mass is 15.2. The van der Waals surface area contributed by atoms with Crippen LogP contribution in [-0.2, 0) is 23.4 Å². The van der Waals surface area contributed by atoms with Crippen molar-refractivity contribution in [3.8, 4) is 44.5 Å². The third-order valence-electron chi connectivity index (χ3n) is 16.3. The van der Waals surface area contributed by atoms with E-state index in [1.54, 1.807) is 0 Å². The first-order valence-corrected chi connectivity index (χ1v) is 24.8. The van der Waals surface area contributed by atoms with Gasteiger partial charge in [-0.2, -0.15) is 0 Å². The Bertz CT molecular complexity index is 3800. The molecule has 3 aliphatic rings. The molecule has 3 aliphatic carbocycles. The quantitative estimate of drug-likeness (QED) is 0.146. The van der Waals surface area contributed by atoms with E-state index in [2.05, 4.69) is 273 Å². The number of fused-ring (bicyclic) bond motifs is 9. The summed E-state index contributed by atoms with van der Waals surface area (Å²) in [5, 5.41) is 0. The summed E-state index contributed by atoms with van der Waals surface area (Å²) >= 11 is 0. The number of rotatable bonds is 7. The van der Waals surface area contributed by atoms with Gasteiger partial charge in [0.15, 0.2) is 5.54 Å². The molecule has 0 fully saturated rings. The highest BCUT2D eigenvalue weighted by Crippen LogP contribution is 2.61. The zero-order chi connectivity index (χ0) is 47.5. The Morgan fingerprint density at radius 2 is 0.789 bits per heavy atom. The summed E-state index contributed by atoms with van der Waals surface area (Å²) in [6, 6.07) is 84.6. The van der Waals surface area contributed by atoms with Crippen LogP contribution in [0.15, 0.2) is 249 Å². The van der Waals surface area contributed by atoms with E-state index in [0.717, 1.165) is 5.69 Å². The zero-order valence-electron chi connectivity index (χ0n) is 40.0. The van der Waals surface area contributed by atoms with Crippen molar-refractivity contribution >= 4 is 0 Å². The summed E-state index contributed by atoms with van der Waals surface area (Å²) in [5.74, 6) is 0. The lowest BCUT2D eigenvalue weighted by molar-refractivity contribution is -0.671. The number of imidazole rings is 1. The zero-order valence-corrected chi connectivity index (χ0v) is 40.0. The minimum absolute atomic E-state index is 0.640. The molecule has 2 heterocycles. The predicted octanol–water partition coefficient (Wildman–Crippen LogP) is 14.5. The van der Waals surface area contributed by atoms with Gasteiger partial charge >= 0.3 is 0 Å². The lowest BCUT2D eigenvalue weighted by atomic mass is 9.64. The number of aromatic nitrogens is 3. The molecule has 0 saturated heterocycles. The third kappa shape index (κ3) is 5.49. The molecular formula is C68H50N3+. The van der Waals surface area contributed by atoms with Crippen LogP contribution < -0.4 is 4.57 Å². The standard InChI is InChI=1S/C68H50N3/c1-45-19-16-20-46(2)65(45)47-37-38-69-64(41-47)67(60-33-12-6-27-54(60)55-28-7-13-34-61(55)67)50-23-17-21-48(42-50)66(58-31-10-4-25-52(58)53-26-5-11-32-59(53)66)49-22-18-24-51(43-49)68(71-40-39-70(3)44-71)62-35-14-8-29-56(62)57-30-9-15-36-63(57)68/h4-44H,1-3H3/q+1. The molecule has 0 radical (unpaired) electrons. The van der Waals surface area contributed by atoms with Crippen molar-refractivity contribution in [1.29, 1.82) is 0 Å². The van der Waals surface area contributed by atoms with Gasteiger partial charge in [-0.25, -0.2) is 9.13 Å². The summed E-state index contributed by atoms with van der Waals surface area (Å²) < 4.78 is 4.59. The molecule has 11 aromatic rings. The predicted molar refractivity (Wildman–Crippen MR) is 287 cm³/mol. The van der Waals surface area contributed by atoms with Crippen LogP contribution in [0.4, 0.5) is 0 Å². The fourth-order valence-electron chi connectivity index (χ4n) is 13.6. The van der Waals surface area contributed by atoms with Crippen molar-refractivity contribution in [1.82, 2.24) is 9.55 Å². The Morgan fingerprint density at radius 3 is 1.27 bits per heavy atom. The third-order valence-corrected chi connectivity index (χ3v) is 16.3. The molecule has 0 atom stereocenters. The molecule has 0 unspecified atom stereocenters. The van der Waals surface area contributed by atoms with E-state index in [1.165, 1.54) is 111 Å². The second-order valence-corrected chi connectivity index (χ2v) is 19.8. The monoisotopic (exact) mass is 908 g/mol. The van der Waals surface area contributed by atoms with Crippen LogP contribution >= 0.6 is 0 Å². The molecule has 0 spiro atoms. The first-order valence-electron chi connectivity index (χ1n) is 24.8. The second-order valence-electron chi connectivity index (χ2n) is 19.8. The van der Waals surface area contributed by atoms with Crippen LogP contribution in [-0.4, -0.2) is 9.55 Å². The summed E-state index contributed by atoms with van der Waals surface area (Å²) in [5.41, 5.74) is 23.8. The summed E-state index contributed by atoms with van der Waals surface area (Å²) in [6.45, 7) is 4.44. The van der Waals surface area contributed by atoms with Gasteiger partial charge in [-0.15, -0.1) is 0 Å². The molecule has 3 nitrogen and oxygen atoms in total. The smallest absolute Gasteiger partial charge is 0.244 e. The molecule has 0 N–H and O–H groups in total. The highest BCUT2D eigenvalue weighted by molar-refractivity contribution is 5.90. The second kappa shape index (κ2) is 15.4. The molecule has 14 rings (SSSR count). The van der Waals surface area contributed by atoms with E-state index in [9.17, 15) is 0 Å². The van der Waals surface area contributed by atoms with Crippen LogP contribution in [0.5, 0.6) is 0 Å². The average Bonchev–Trinajstić information content (AvgIpc) is 4.17. The molecule has 0 saturated carbocycles. The summed E-state index contributed by atoms with van der Waals surface area (Å²) in [6.07, 6.45) is 8.67. The Balaban J connectivity index is 1.08. The SMILES string of the molecule is Cc1cccc(C)c1-c1ccnc(C2(c3cccc(C4(c5cccc(C6(n7cc[n+](C)c7)c7ccccc7-c7ccccc76)c5)c5ccccc5-c5ccccc54)c3)c3ccccc3-c3ccccc32)c1. The van der Waals surface area contributed by atoms with E-state index in [-0.39, 0.29) is 0 Å². The van der Waals surface area contributed by atoms with Gasteiger partial charge < -0.3 is 0 Å². The molecular weight excluding hydrogens is 859 g/mol. The molecule has 3 heteroatoms. The Kier molecular flexibility index (Phi) is 8.98. The number of hydrogen-bond acceptors (Lipinski definition) is 1. The van der Waals surface area contributed by atoms with Crippen molar-refractivity contribution in [3.05, 3.63) is 322 Å². The maximum Gasteiger partial charge on any atom is 0.244 e. The van der Waals surface area contributed by atoms with Crippen molar-refractivity contribution in [2.45, 2.75) is 30.2 Å². The van der Waals surface area contributed by atoms with Gasteiger partial charge in [0.25, 0.3) is 0 Å². The lowest BCUT2D eigenvalue weighted by Crippen LogP contribution is -2.37. The average molecular weight is 909 g/mol. The molecule has 9 aromatic carbocycles. The minimum Gasteiger partial charge on any atom is -0.260 e. The number of nitrogens with zero attached hydrogens (tertiary/aromatic N) is 3. The Morgan fingerprint density at radius 1 is 0.394 bits per heavy atom. The van der Waals surface area contributed by atoms with E-state index in [1.807, 2.05) is 6.20 Å².